The summed E-state index contributed by atoms with van der Waals surface area (Å²) in [7, 11) is 0. The minimum Gasteiger partial charge on any atom is -0.481 e. The Bertz CT molecular complexity index is 643. The number of aliphatic carboxylic acids is 1. The van der Waals surface area contributed by atoms with Crippen molar-refractivity contribution in [3.8, 4) is 0 Å². The maximum absolute atomic E-state index is 11.8. The number of nitrogens with two attached hydrogens (primary N) is 1. The van der Waals surface area contributed by atoms with E-state index < -0.39 is 11.4 Å². The van der Waals surface area contributed by atoms with Gasteiger partial charge in [0, 0.05) is 6.54 Å². The predicted octanol–water partition coefficient (Wildman–Crippen LogP) is 2.82. The van der Waals surface area contributed by atoms with Crippen LogP contribution in [0.1, 0.15) is 18.4 Å². The highest BCUT2D eigenvalue weighted by atomic mass is 16.4. The number of hydrogen-bond acceptors (Lipinski definition) is 2. The predicted molar refractivity (Wildman–Crippen MR) is 79.5 cm³/mol. The molecular formula is C17H19NO2. The van der Waals surface area contributed by atoms with Crippen molar-refractivity contribution in [2.45, 2.75) is 19.3 Å². The van der Waals surface area contributed by atoms with Gasteiger partial charge in [-0.15, -0.1) is 0 Å². The molecule has 1 atom stereocenters. The fourth-order valence-corrected chi connectivity index (χ4v) is 3.14. The van der Waals surface area contributed by atoms with Crippen molar-refractivity contribution in [2.24, 2.45) is 17.1 Å². The molecule has 0 radical (unpaired) electrons. The van der Waals surface area contributed by atoms with Crippen molar-refractivity contribution in [3.05, 3.63) is 48.0 Å². The van der Waals surface area contributed by atoms with Crippen LogP contribution < -0.4 is 5.73 Å². The zero-order chi connectivity index (χ0) is 14.2. The summed E-state index contributed by atoms with van der Waals surface area (Å²) in [5.41, 5.74) is 6.15. The molecule has 1 saturated carbocycles. The van der Waals surface area contributed by atoms with Gasteiger partial charge in [0.25, 0.3) is 0 Å². The maximum Gasteiger partial charge on any atom is 0.311 e. The maximum atomic E-state index is 11.8. The second-order valence-electron chi connectivity index (χ2n) is 5.75. The third-order valence-corrected chi connectivity index (χ3v) is 4.53. The largest absolute Gasteiger partial charge is 0.481 e. The second-order valence-corrected chi connectivity index (χ2v) is 5.75. The van der Waals surface area contributed by atoms with E-state index in [2.05, 4.69) is 18.2 Å². The Hall–Kier alpha value is -1.87. The van der Waals surface area contributed by atoms with Gasteiger partial charge in [-0.25, -0.2) is 0 Å². The lowest BCUT2D eigenvalue weighted by molar-refractivity contribution is -0.149. The van der Waals surface area contributed by atoms with E-state index in [9.17, 15) is 9.90 Å². The van der Waals surface area contributed by atoms with Crippen LogP contribution in [0, 0.1) is 11.3 Å². The van der Waals surface area contributed by atoms with Crippen LogP contribution in [0.3, 0.4) is 0 Å². The van der Waals surface area contributed by atoms with E-state index >= 15 is 0 Å². The van der Waals surface area contributed by atoms with Gasteiger partial charge < -0.3 is 10.8 Å². The van der Waals surface area contributed by atoms with Crippen LogP contribution >= 0.6 is 0 Å². The molecule has 0 aliphatic heterocycles. The molecule has 0 heterocycles. The number of rotatable bonds is 5. The molecule has 1 aliphatic carbocycles. The minimum atomic E-state index is -0.801. The van der Waals surface area contributed by atoms with Crippen LogP contribution in [0.15, 0.2) is 42.5 Å². The molecule has 3 N–H and O–H groups in total. The molecule has 2 aromatic rings. The molecule has 0 bridgehead atoms. The van der Waals surface area contributed by atoms with E-state index in [0.717, 1.165) is 29.2 Å². The van der Waals surface area contributed by atoms with Crippen LogP contribution in [-0.4, -0.2) is 17.6 Å². The third kappa shape index (κ3) is 2.08. The summed E-state index contributed by atoms with van der Waals surface area (Å²) in [6, 6.07) is 14.2. The molecule has 1 aliphatic rings. The molecule has 3 rings (SSSR count). The van der Waals surface area contributed by atoms with Gasteiger partial charge in [0.2, 0.25) is 0 Å². The fraction of sp³-hybridized carbons (Fsp3) is 0.353. The Labute approximate surface area is 118 Å². The molecular weight excluding hydrogens is 250 g/mol. The molecule has 0 saturated heterocycles. The van der Waals surface area contributed by atoms with Crippen LogP contribution in [0.2, 0.25) is 0 Å². The van der Waals surface area contributed by atoms with Gasteiger partial charge in [0.05, 0.1) is 5.41 Å². The van der Waals surface area contributed by atoms with Gasteiger partial charge in [0.15, 0.2) is 0 Å². The van der Waals surface area contributed by atoms with E-state index in [-0.39, 0.29) is 12.5 Å². The first-order valence-corrected chi connectivity index (χ1v) is 7.07. The molecule has 1 unspecified atom stereocenters. The summed E-state index contributed by atoms with van der Waals surface area (Å²) in [6.07, 6.45) is 2.48. The number of fused-ring (bicyclic) bond motifs is 1. The Balaban J connectivity index is 2.05. The molecule has 3 heteroatoms. The van der Waals surface area contributed by atoms with Gasteiger partial charge in [0.1, 0.15) is 0 Å². The molecule has 3 nitrogen and oxygen atoms in total. The van der Waals surface area contributed by atoms with E-state index in [1.165, 1.54) is 0 Å². The highest BCUT2D eigenvalue weighted by Crippen LogP contribution is 2.47. The lowest BCUT2D eigenvalue weighted by Gasteiger charge is -2.28. The van der Waals surface area contributed by atoms with Crippen LogP contribution in [0.25, 0.3) is 10.8 Å². The van der Waals surface area contributed by atoms with Crippen molar-refractivity contribution >= 4 is 16.7 Å². The number of carboxylic acids is 1. The zero-order valence-electron chi connectivity index (χ0n) is 11.4. The van der Waals surface area contributed by atoms with Crippen LogP contribution in [0.4, 0.5) is 0 Å². The van der Waals surface area contributed by atoms with Crippen molar-refractivity contribution in [2.75, 3.05) is 6.54 Å². The van der Waals surface area contributed by atoms with E-state index in [0.29, 0.717) is 6.42 Å². The van der Waals surface area contributed by atoms with E-state index in [1.54, 1.807) is 0 Å². The zero-order valence-corrected chi connectivity index (χ0v) is 11.4. The summed E-state index contributed by atoms with van der Waals surface area (Å²) in [6.45, 7) is 0.205. The van der Waals surface area contributed by atoms with Gasteiger partial charge >= 0.3 is 5.97 Å². The molecule has 104 valence electrons. The van der Waals surface area contributed by atoms with E-state index in [1.807, 2.05) is 24.3 Å². The van der Waals surface area contributed by atoms with Gasteiger partial charge in [-0.1, -0.05) is 42.5 Å². The Morgan fingerprint density at radius 3 is 2.55 bits per heavy atom. The molecule has 2 aromatic carbocycles. The van der Waals surface area contributed by atoms with Crippen molar-refractivity contribution < 1.29 is 9.90 Å². The van der Waals surface area contributed by atoms with Crippen molar-refractivity contribution in [1.29, 1.82) is 0 Å². The van der Waals surface area contributed by atoms with E-state index in [4.69, 9.17) is 5.73 Å². The van der Waals surface area contributed by atoms with Gasteiger partial charge in [-0.05, 0) is 41.5 Å². The number of carboxylic acid groups (broad SMARTS) is 1. The SMILES string of the molecule is NCC(Cc1cccc2ccccc12)(C(=O)O)C1CC1. The Morgan fingerprint density at radius 1 is 1.20 bits per heavy atom. The van der Waals surface area contributed by atoms with Gasteiger partial charge in [-0.3, -0.25) is 4.79 Å². The van der Waals surface area contributed by atoms with Crippen molar-refractivity contribution in [3.63, 3.8) is 0 Å². The molecule has 20 heavy (non-hydrogen) atoms. The van der Waals surface area contributed by atoms with Crippen LogP contribution in [0.5, 0.6) is 0 Å². The highest BCUT2D eigenvalue weighted by molar-refractivity contribution is 5.86. The van der Waals surface area contributed by atoms with Crippen molar-refractivity contribution in [1.82, 2.24) is 0 Å². The first-order valence-electron chi connectivity index (χ1n) is 7.07. The summed E-state index contributed by atoms with van der Waals surface area (Å²) in [5, 5.41) is 12.0. The average Bonchev–Trinajstić information content (AvgIpc) is 3.29. The third-order valence-electron chi connectivity index (χ3n) is 4.53. The smallest absolute Gasteiger partial charge is 0.311 e. The fourth-order valence-electron chi connectivity index (χ4n) is 3.14. The first kappa shape index (κ1) is 13.1. The monoisotopic (exact) mass is 269 g/mol. The lowest BCUT2D eigenvalue weighted by Crippen LogP contribution is -2.42. The summed E-state index contributed by atoms with van der Waals surface area (Å²) < 4.78 is 0. The molecule has 0 amide bonds. The van der Waals surface area contributed by atoms with Gasteiger partial charge in [-0.2, -0.15) is 0 Å². The standard InChI is InChI=1S/C17H19NO2/c18-11-17(16(19)20,14-8-9-14)10-13-6-3-5-12-4-1-2-7-15(12)13/h1-7,14H,8-11,18H2,(H,19,20). The minimum absolute atomic E-state index is 0.205. The molecule has 0 aromatic heterocycles. The quantitative estimate of drug-likeness (QED) is 0.877. The normalized spacial score (nSPS) is 17.9. The first-order chi connectivity index (χ1) is 9.67. The Morgan fingerprint density at radius 2 is 1.90 bits per heavy atom. The summed E-state index contributed by atoms with van der Waals surface area (Å²) in [4.78, 5) is 11.8. The number of hydrogen-bond donors (Lipinski definition) is 2. The Kier molecular flexibility index (Phi) is 3.22. The summed E-state index contributed by atoms with van der Waals surface area (Å²) >= 11 is 0. The number of benzene rings is 2. The summed E-state index contributed by atoms with van der Waals surface area (Å²) in [5.74, 6) is -0.528. The lowest BCUT2D eigenvalue weighted by atomic mass is 9.76. The molecule has 0 spiro atoms. The van der Waals surface area contributed by atoms with Crippen LogP contribution in [-0.2, 0) is 11.2 Å². The molecule has 1 fully saturated rings. The average molecular weight is 269 g/mol. The number of carbonyl (C=O) groups is 1. The highest BCUT2D eigenvalue weighted by Gasteiger charge is 2.50. The topological polar surface area (TPSA) is 63.3 Å². The second kappa shape index (κ2) is 4.91.